The molecule has 0 aliphatic carbocycles. The van der Waals surface area contributed by atoms with Gasteiger partial charge >= 0.3 is 0 Å². The zero-order valence-electron chi connectivity index (χ0n) is 11.7. The Kier molecular flexibility index (Phi) is 4.40. The number of nitrogens with zero attached hydrogens (tertiary/aromatic N) is 2. The van der Waals surface area contributed by atoms with Crippen LogP contribution in [0.3, 0.4) is 0 Å². The summed E-state index contributed by atoms with van der Waals surface area (Å²) in [6, 6.07) is 1.60. The lowest BCUT2D eigenvalue weighted by atomic mass is 10.2. The van der Waals surface area contributed by atoms with E-state index in [1.54, 1.807) is 6.20 Å². The van der Waals surface area contributed by atoms with Crippen molar-refractivity contribution in [1.29, 1.82) is 0 Å². The monoisotopic (exact) mass is 332 g/mol. The number of hydrogen-bond donors (Lipinski definition) is 0. The molecular weight excluding hydrogens is 318 g/mol. The van der Waals surface area contributed by atoms with Crippen LogP contribution < -0.4 is 0 Å². The molecule has 0 atom stereocenters. The van der Waals surface area contributed by atoms with Crippen molar-refractivity contribution in [3.8, 4) is 0 Å². The van der Waals surface area contributed by atoms with Gasteiger partial charge in [-0.3, -0.25) is 0 Å². The number of sulfonamides is 1. The SMILES string of the molecule is Cc1ncc(CN(C)S(=O)(=O)c2cc(C)c(F)cc2F)s1. The van der Waals surface area contributed by atoms with E-state index < -0.39 is 26.6 Å². The van der Waals surface area contributed by atoms with Gasteiger partial charge in [-0.15, -0.1) is 11.3 Å². The summed E-state index contributed by atoms with van der Waals surface area (Å²) in [4.78, 5) is 4.27. The third-order valence-corrected chi connectivity index (χ3v) is 5.66. The largest absolute Gasteiger partial charge is 0.250 e. The maximum absolute atomic E-state index is 13.8. The third-order valence-electron chi connectivity index (χ3n) is 2.95. The lowest BCUT2D eigenvalue weighted by Gasteiger charge is -2.17. The topological polar surface area (TPSA) is 50.3 Å². The Bertz CT molecular complexity index is 772. The highest BCUT2D eigenvalue weighted by Gasteiger charge is 2.26. The Morgan fingerprint density at radius 3 is 2.48 bits per heavy atom. The van der Waals surface area contributed by atoms with E-state index >= 15 is 0 Å². The van der Waals surface area contributed by atoms with Gasteiger partial charge in [0.05, 0.1) is 5.01 Å². The first-order valence-corrected chi connectivity index (χ1v) is 8.30. The van der Waals surface area contributed by atoms with Gasteiger partial charge in [0.25, 0.3) is 0 Å². The van der Waals surface area contributed by atoms with Crippen LogP contribution >= 0.6 is 11.3 Å². The van der Waals surface area contributed by atoms with Crippen LogP contribution in [0.5, 0.6) is 0 Å². The predicted molar refractivity (Wildman–Crippen MR) is 76.6 cm³/mol. The van der Waals surface area contributed by atoms with Crippen molar-refractivity contribution in [3.63, 3.8) is 0 Å². The van der Waals surface area contributed by atoms with Crippen LogP contribution in [-0.4, -0.2) is 24.8 Å². The molecule has 1 aromatic carbocycles. The van der Waals surface area contributed by atoms with Crippen molar-refractivity contribution in [2.24, 2.45) is 0 Å². The third kappa shape index (κ3) is 3.28. The Morgan fingerprint density at radius 2 is 1.90 bits per heavy atom. The highest BCUT2D eigenvalue weighted by atomic mass is 32.2. The molecule has 0 amide bonds. The summed E-state index contributed by atoms with van der Waals surface area (Å²) in [5, 5.41) is 0.819. The molecule has 8 heteroatoms. The first kappa shape index (κ1) is 16.0. The van der Waals surface area contributed by atoms with E-state index in [4.69, 9.17) is 0 Å². The fourth-order valence-corrected chi connectivity index (χ4v) is 3.99. The van der Waals surface area contributed by atoms with Gasteiger partial charge in [0.2, 0.25) is 10.0 Å². The van der Waals surface area contributed by atoms with Crippen LogP contribution in [0.4, 0.5) is 8.78 Å². The molecule has 0 radical (unpaired) electrons. The summed E-state index contributed by atoms with van der Waals surface area (Å²) in [5.41, 5.74) is 0.0806. The summed E-state index contributed by atoms with van der Waals surface area (Å²) in [7, 11) is -2.68. The van der Waals surface area contributed by atoms with E-state index in [9.17, 15) is 17.2 Å². The molecule has 2 aromatic rings. The lowest BCUT2D eigenvalue weighted by Crippen LogP contribution is -2.27. The standard InChI is InChI=1S/C13H14F2N2O2S2/c1-8-4-13(12(15)5-11(8)14)21(18,19)17(3)7-10-6-16-9(2)20-10/h4-6H,7H2,1-3H3. The molecule has 0 saturated heterocycles. The number of halogens is 2. The van der Waals surface area contributed by atoms with Crippen molar-refractivity contribution < 1.29 is 17.2 Å². The molecule has 1 aromatic heterocycles. The molecule has 0 aliphatic heterocycles. The van der Waals surface area contributed by atoms with E-state index in [0.29, 0.717) is 6.07 Å². The molecule has 2 rings (SSSR count). The number of aryl methyl sites for hydroxylation is 2. The number of thiazole rings is 1. The summed E-state index contributed by atoms with van der Waals surface area (Å²) >= 11 is 1.37. The van der Waals surface area contributed by atoms with E-state index in [1.807, 2.05) is 6.92 Å². The molecule has 1 heterocycles. The van der Waals surface area contributed by atoms with Gasteiger partial charge in [0.1, 0.15) is 16.5 Å². The molecule has 114 valence electrons. The first-order chi connectivity index (χ1) is 9.71. The molecular formula is C13H14F2N2O2S2. The van der Waals surface area contributed by atoms with Crippen LogP contribution in [0, 0.1) is 25.5 Å². The Labute approximate surface area is 126 Å². The van der Waals surface area contributed by atoms with E-state index in [2.05, 4.69) is 4.98 Å². The summed E-state index contributed by atoms with van der Waals surface area (Å²) < 4.78 is 52.8. The van der Waals surface area contributed by atoms with Gasteiger partial charge < -0.3 is 0 Å². The van der Waals surface area contributed by atoms with Gasteiger partial charge in [-0.25, -0.2) is 22.2 Å². The molecule has 0 unspecified atom stereocenters. The second kappa shape index (κ2) is 5.78. The number of hydrogen-bond acceptors (Lipinski definition) is 4. The van der Waals surface area contributed by atoms with Crippen LogP contribution in [0.15, 0.2) is 23.2 Å². The Morgan fingerprint density at radius 1 is 1.24 bits per heavy atom. The highest BCUT2D eigenvalue weighted by molar-refractivity contribution is 7.89. The van der Waals surface area contributed by atoms with E-state index in [0.717, 1.165) is 20.3 Å². The minimum absolute atomic E-state index is 0.0806. The average Bonchev–Trinajstić information content (AvgIpc) is 2.79. The quantitative estimate of drug-likeness (QED) is 0.865. The first-order valence-electron chi connectivity index (χ1n) is 6.05. The van der Waals surface area contributed by atoms with Crippen molar-refractivity contribution in [2.75, 3.05) is 7.05 Å². The van der Waals surface area contributed by atoms with Gasteiger partial charge in [0, 0.05) is 30.7 Å². The molecule has 0 N–H and O–H groups in total. The molecule has 21 heavy (non-hydrogen) atoms. The van der Waals surface area contributed by atoms with Gasteiger partial charge in [-0.1, -0.05) is 0 Å². The van der Waals surface area contributed by atoms with Crippen molar-refractivity contribution >= 4 is 21.4 Å². The van der Waals surface area contributed by atoms with Crippen molar-refractivity contribution in [2.45, 2.75) is 25.3 Å². The normalized spacial score (nSPS) is 12.1. The summed E-state index contributed by atoms with van der Waals surface area (Å²) in [6.07, 6.45) is 1.58. The fraction of sp³-hybridized carbons (Fsp3) is 0.308. The smallest absolute Gasteiger partial charge is 0.246 e. The summed E-state index contributed by atoms with van der Waals surface area (Å²) in [6.45, 7) is 3.29. The zero-order chi connectivity index (χ0) is 15.8. The molecule has 4 nitrogen and oxygen atoms in total. The average molecular weight is 332 g/mol. The maximum Gasteiger partial charge on any atom is 0.246 e. The minimum atomic E-state index is -4.03. The number of benzene rings is 1. The number of aromatic nitrogens is 1. The Balaban J connectivity index is 2.35. The predicted octanol–water partition coefficient (Wildman–Crippen LogP) is 2.86. The molecule has 0 saturated carbocycles. The molecule has 0 aliphatic rings. The molecule has 0 spiro atoms. The van der Waals surface area contributed by atoms with E-state index in [-0.39, 0.29) is 12.1 Å². The Hall–Kier alpha value is -1.38. The zero-order valence-corrected chi connectivity index (χ0v) is 13.4. The highest BCUT2D eigenvalue weighted by Crippen LogP contribution is 2.24. The summed E-state index contributed by atoms with van der Waals surface area (Å²) in [5.74, 6) is -1.86. The maximum atomic E-state index is 13.8. The van der Waals surface area contributed by atoms with Crippen molar-refractivity contribution in [3.05, 3.63) is 45.4 Å². The van der Waals surface area contributed by atoms with Gasteiger partial charge in [-0.2, -0.15) is 4.31 Å². The molecule has 0 bridgehead atoms. The van der Waals surface area contributed by atoms with Crippen LogP contribution in [-0.2, 0) is 16.6 Å². The fourth-order valence-electron chi connectivity index (χ4n) is 1.78. The van der Waals surface area contributed by atoms with Gasteiger partial charge in [-0.05, 0) is 25.5 Å². The lowest BCUT2D eigenvalue weighted by molar-refractivity contribution is 0.460. The number of rotatable bonds is 4. The second-order valence-electron chi connectivity index (χ2n) is 4.64. The molecule has 0 fully saturated rings. The van der Waals surface area contributed by atoms with Crippen LogP contribution in [0.1, 0.15) is 15.4 Å². The second-order valence-corrected chi connectivity index (χ2v) is 7.97. The van der Waals surface area contributed by atoms with Crippen molar-refractivity contribution in [1.82, 2.24) is 9.29 Å². The van der Waals surface area contributed by atoms with Gasteiger partial charge in [0.15, 0.2) is 0 Å². The van der Waals surface area contributed by atoms with Crippen LogP contribution in [0.25, 0.3) is 0 Å². The van der Waals surface area contributed by atoms with Crippen LogP contribution in [0.2, 0.25) is 0 Å². The minimum Gasteiger partial charge on any atom is -0.250 e. The van der Waals surface area contributed by atoms with E-state index in [1.165, 1.54) is 25.3 Å².